The molecule has 0 saturated heterocycles. The Morgan fingerprint density at radius 3 is 1.85 bits per heavy atom. The maximum atomic E-state index is 9.28. The Morgan fingerprint density at radius 2 is 1.40 bits per heavy atom. The summed E-state index contributed by atoms with van der Waals surface area (Å²) >= 11 is 0. The molecule has 0 spiro atoms. The van der Waals surface area contributed by atoms with Gasteiger partial charge in [0.25, 0.3) is 0 Å². The third kappa shape index (κ3) is 7.39. The predicted molar refractivity (Wildman–Crippen MR) is 79.1 cm³/mol. The molecule has 1 aliphatic carbocycles. The van der Waals surface area contributed by atoms with E-state index >= 15 is 0 Å². The van der Waals surface area contributed by atoms with Crippen molar-refractivity contribution in [1.82, 2.24) is 0 Å². The molecule has 4 heteroatoms. The normalized spacial score (nSPS) is 21.6. The molecule has 1 saturated carbocycles. The lowest BCUT2D eigenvalue weighted by Gasteiger charge is -2.29. The summed E-state index contributed by atoms with van der Waals surface area (Å²) in [6.07, 6.45) is 14.6. The summed E-state index contributed by atoms with van der Waals surface area (Å²) < 4.78 is 0. The van der Waals surface area contributed by atoms with Crippen LogP contribution in [-0.2, 0) is 14.7 Å². The van der Waals surface area contributed by atoms with Crippen LogP contribution in [-0.4, -0.2) is 17.7 Å². The molecule has 20 heavy (non-hydrogen) atoms. The summed E-state index contributed by atoms with van der Waals surface area (Å²) in [7, 11) is 0. The van der Waals surface area contributed by atoms with Crippen molar-refractivity contribution in [1.29, 1.82) is 0 Å². The van der Waals surface area contributed by atoms with E-state index in [4.69, 9.17) is 9.78 Å². The molecule has 1 rings (SSSR count). The van der Waals surface area contributed by atoms with Crippen LogP contribution in [0.5, 0.6) is 0 Å². The Labute approximate surface area is 123 Å². The standard InChI is InChI=1S/C16H30O4/c1-2-3-15-18-20-16(19-17)13-11-9-7-5-4-6-8-10-12-14-16/h2,17H,1,3-15H2. The molecule has 1 aliphatic rings. The van der Waals surface area contributed by atoms with Crippen LogP contribution in [0, 0.1) is 0 Å². The fraction of sp³-hybridized carbons (Fsp3) is 0.875. The fourth-order valence-electron chi connectivity index (χ4n) is 2.62. The fourth-order valence-corrected chi connectivity index (χ4v) is 2.62. The molecular formula is C16H30O4. The van der Waals surface area contributed by atoms with Gasteiger partial charge in [-0.1, -0.05) is 51.0 Å². The minimum atomic E-state index is -0.986. The van der Waals surface area contributed by atoms with Crippen LogP contribution < -0.4 is 0 Å². The summed E-state index contributed by atoms with van der Waals surface area (Å²) in [6, 6.07) is 0. The number of hydrogen-bond donors (Lipinski definition) is 1. The maximum absolute atomic E-state index is 9.28. The van der Waals surface area contributed by atoms with Crippen LogP contribution in [0.2, 0.25) is 0 Å². The molecule has 0 aromatic carbocycles. The monoisotopic (exact) mass is 286 g/mol. The largest absolute Gasteiger partial charge is 0.249 e. The van der Waals surface area contributed by atoms with Gasteiger partial charge in [0.2, 0.25) is 5.79 Å². The molecule has 0 heterocycles. The highest BCUT2D eigenvalue weighted by Crippen LogP contribution is 2.29. The molecule has 0 atom stereocenters. The average molecular weight is 286 g/mol. The van der Waals surface area contributed by atoms with E-state index < -0.39 is 5.79 Å². The number of rotatable bonds is 6. The van der Waals surface area contributed by atoms with Gasteiger partial charge in [-0.25, -0.2) is 15.0 Å². The third-order valence-electron chi connectivity index (χ3n) is 3.90. The van der Waals surface area contributed by atoms with Crippen LogP contribution in [0.25, 0.3) is 0 Å². The van der Waals surface area contributed by atoms with Crippen molar-refractivity contribution in [2.24, 2.45) is 0 Å². The van der Waals surface area contributed by atoms with Gasteiger partial charge in [0.15, 0.2) is 0 Å². The van der Waals surface area contributed by atoms with Crippen LogP contribution in [0.4, 0.5) is 0 Å². The summed E-state index contributed by atoms with van der Waals surface area (Å²) in [4.78, 5) is 15.3. The van der Waals surface area contributed by atoms with Gasteiger partial charge in [0.1, 0.15) is 0 Å². The Kier molecular flexibility index (Phi) is 9.93. The van der Waals surface area contributed by atoms with E-state index in [9.17, 15) is 5.26 Å². The second-order valence-corrected chi connectivity index (χ2v) is 5.67. The zero-order valence-electron chi connectivity index (χ0n) is 12.6. The van der Waals surface area contributed by atoms with Gasteiger partial charge in [-0.3, -0.25) is 0 Å². The van der Waals surface area contributed by atoms with Crippen molar-refractivity contribution in [3.8, 4) is 0 Å². The lowest BCUT2D eigenvalue weighted by molar-refractivity contribution is -0.503. The van der Waals surface area contributed by atoms with Crippen LogP contribution >= 0.6 is 0 Å². The summed E-state index contributed by atoms with van der Waals surface area (Å²) in [6.45, 7) is 4.07. The zero-order chi connectivity index (χ0) is 14.5. The van der Waals surface area contributed by atoms with Gasteiger partial charge in [-0.2, -0.15) is 4.89 Å². The van der Waals surface area contributed by atoms with E-state index in [-0.39, 0.29) is 0 Å². The average Bonchev–Trinajstić information content (AvgIpc) is 2.46. The first-order chi connectivity index (χ1) is 9.83. The molecule has 0 radical (unpaired) electrons. The molecule has 0 bridgehead atoms. The Hall–Kier alpha value is -0.420. The van der Waals surface area contributed by atoms with Crippen molar-refractivity contribution < 1.29 is 19.9 Å². The third-order valence-corrected chi connectivity index (χ3v) is 3.90. The SMILES string of the molecule is C=CCCOOC1(OO)CCCCCCCCCCC1. The van der Waals surface area contributed by atoms with Gasteiger partial charge >= 0.3 is 0 Å². The van der Waals surface area contributed by atoms with E-state index in [2.05, 4.69) is 11.5 Å². The first kappa shape index (κ1) is 17.6. The summed E-state index contributed by atoms with van der Waals surface area (Å²) in [5.74, 6) is -0.986. The quantitative estimate of drug-likeness (QED) is 0.245. The minimum Gasteiger partial charge on any atom is -0.249 e. The van der Waals surface area contributed by atoms with Gasteiger partial charge in [0.05, 0.1) is 6.61 Å². The molecule has 1 fully saturated rings. The molecule has 0 aromatic heterocycles. The van der Waals surface area contributed by atoms with Crippen LogP contribution in [0.3, 0.4) is 0 Å². The molecule has 4 nitrogen and oxygen atoms in total. The topological polar surface area (TPSA) is 47.9 Å². The molecule has 0 aliphatic heterocycles. The second-order valence-electron chi connectivity index (χ2n) is 5.67. The van der Waals surface area contributed by atoms with E-state index in [1.807, 2.05) is 0 Å². The molecule has 0 aromatic rings. The summed E-state index contributed by atoms with van der Waals surface area (Å²) in [5, 5.41) is 9.28. The smallest absolute Gasteiger partial charge is 0.233 e. The van der Waals surface area contributed by atoms with Crippen molar-refractivity contribution in [3.63, 3.8) is 0 Å². The van der Waals surface area contributed by atoms with Crippen LogP contribution in [0.15, 0.2) is 12.7 Å². The minimum absolute atomic E-state index is 0.439. The summed E-state index contributed by atoms with van der Waals surface area (Å²) in [5.41, 5.74) is 0. The van der Waals surface area contributed by atoms with Gasteiger partial charge in [-0.15, -0.1) is 6.58 Å². The first-order valence-corrected chi connectivity index (χ1v) is 8.07. The van der Waals surface area contributed by atoms with E-state index in [1.165, 1.54) is 32.1 Å². The second kappa shape index (κ2) is 11.3. The Morgan fingerprint density at radius 1 is 0.900 bits per heavy atom. The number of hydrogen-bond acceptors (Lipinski definition) is 4. The van der Waals surface area contributed by atoms with Crippen molar-refractivity contribution >= 4 is 0 Å². The van der Waals surface area contributed by atoms with Gasteiger partial charge in [-0.05, 0) is 19.3 Å². The van der Waals surface area contributed by atoms with E-state index in [0.29, 0.717) is 19.4 Å². The molecule has 0 unspecified atom stereocenters. The van der Waals surface area contributed by atoms with E-state index in [1.54, 1.807) is 6.08 Å². The Balaban J connectivity index is 2.44. The van der Waals surface area contributed by atoms with Gasteiger partial charge in [0, 0.05) is 12.8 Å². The molecule has 0 amide bonds. The highest BCUT2D eigenvalue weighted by atomic mass is 17.3. The molecular weight excluding hydrogens is 256 g/mol. The highest BCUT2D eigenvalue weighted by Gasteiger charge is 2.33. The Bertz CT molecular complexity index is 231. The molecule has 1 N–H and O–H groups in total. The molecule has 118 valence electrons. The highest BCUT2D eigenvalue weighted by molar-refractivity contribution is 4.69. The zero-order valence-corrected chi connectivity index (χ0v) is 12.6. The van der Waals surface area contributed by atoms with Crippen LogP contribution in [0.1, 0.15) is 77.0 Å². The lowest BCUT2D eigenvalue weighted by Crippen LogP contribution is -2.35. The van der Waals surface area contributed by atoms with Crippen molar-refractivity contribution in [2.75, 3.05) is 6.61 Å². The van der Waals surface area contributed by atoms with Gasteiger partial charge < -0.3 is 0 Å². The first-order valence-electron chi connectivity index (χ1n) is 8.07. The van der Waals surface area contributed by atoms with E-state index in [0.717, 1.165) is 32.1 Å². The maximum Gasteiger partial charge on any atom is 0.233 e. The lowest BCUT2D eigenvalue weighted by atomic mass is 9.97. The predicted octanol–water partition coefficient (Wildman–Crippen LogP) is 5.00. The van der Waals surface area contributed by atoms with Crippen molar-refractivity contribution in [2.45, 2.75) is 82.8 Å². The van der Waals surface area contributed by atoms with Crippen molar-refractivity contribution in [3.05, 3.63) is 12.7 Å².